The van der Waals surface area contributed by atoms with E-state index in [1.54, 1.807) is 0 Å². The van der Waals surface area contributed by atoms with Crippen molar-refractivity contribution in [1.29, 1.82) is 0 Å². The number of halogens is 1. The molecule has 1 fully saturated rings. The van der Waals surface area contributed by atoms with Gasteiger partial charge >= 0.3 is 0 Å². The zero-order valence-corrected chi connectivity index (χ0v) is 6.44. The summed E-state index contributed by atoms with van der Waals surface area (Å²) in [5.74, 6) is 0. The summed E-state index contributed by atoms with van der Waals surface area (Å²) in [6.45, 7) is 1.82. The summed E-state index contributed by atoms with van der Waals surface area (Å²) in [5.41, 5.74) is -1.24. The Morgan fingerprint density at radius 3 is 2.40 bits per heavy atom. The second-order valence-electron chi connectivity index (χ2n) is 3.17. The van der Waals surface area contributed by atoms with Crippen LogP contribution in [0.25, 0.3) is 0 Å². The molecular formula is C8H15FO. The third-order valence-corrected chi connectivity index (χ3v) is 2.42. The number of alkyl halides is 1. The van der Waals surface area contributed by atoms with Gasteiger partial charge in [0, 0.05) is 0 Å². The van der Waals surface area contributed by atoms with Crippen LogP contribution in [0.4, 0.5) is 4.39 Å². The average molecular weight is 146 g/mol. The first-order chi connectivity index (χ1) is 4.69. The zero-order valence-electron chi connectivity index (χ0n) is 6.44. The molecule has 1 atom stereocenters. The summed E-state index contributed by atoms with van der Waals surface area (Å²) >= 11 is 0. The minimum absolute atomic E-state index is 0.538. The van der Waals surface area contributed by atoms with Crippen molar-refractivity contribution in [3.05, 3.63) is 0 Å². The van der Waals surface area contributed by atoms with Crippen LogP contribution in [0, 0.1) is 0 Å². The molecule has 60 valence electrons. The molecule has 0 aliphatic heterocycles. The van der Waals surface area contributed by atoms with E-state index in [1.165, 1.54) is 0 Å². The van der Waals surface area contributed by atoms with Crippen LogP contribution < -0.4 is 0 Å². The fourth-order valence-corrected chi connectivity index (χ4v) is 1.66. The molecule has 0 heterocycles. The van der Waals surface area contributed by atoms with Gasteiger partial charge in [0.05, 0.1) is 6.10 Å². The second kappa shape index (κ2) is 2.87. The quantitative estimate of drug-likeness (QED) is 0.632. The van der Waals surface area contributed by atoms with Crippen molar-refractivity contribution in [3.63, 3.8) is 0 Å². The molecule has 0 spiro atoms. The third kappa shape index (κ3) is 1.31. The molecule has 1 unspecified atom stereocenters. The smallest absolute Gasteiger partial charge is 0.136 e. The lowest BCUT2D eigenvalue weighted by Crippen LogP contribution is -2.34. The number of rotatable bonds is 2. The fraction of sp³-hybridized carbons (Fsp3) is 1.00. The van der Waals surface area contributed by atoms with Crippen molar-refractivity contribution in [2.24, 2.45) is 0 Å². The Hall–Kier alpha value is -0.110. The van der Waals surface area contributed by atoms with Gasteiger partial charge in [0.25, 0.3) is 0 Å². The monoisotopic (exact) mass is 146 g/mol. The Bertz CT molecular complexity index is 108. The van der Waals surface area contributed by atoms with Crippen molar-refractivity contribution < 1.29 is 9.50 Å². The van der Waals surface area contributed by atoms with Crippen molar-refractivity contribution in [3.8, 4) is 0 Å². The van der Waals surface area contributed by atoms with E-state index in [9.17, 15) is 9.50 Å². The maximum atomic E-state index is 13.5. The second-order valence-corrected chi connectivity index (χ2v) is 3.17. The van der Waals surface area contributed by atoms with Crippen molar-refractivity contribution in [1.82, 2.24) is 0 Å². The van der Waals surface area contributed by atoms with Crippen molar-refractivity contribution >= 4 is 0 Å². The Kier molecular flexibility index (Phi) is 2.29. The molecular weight excluding hydrogens is 131 g/mol. The summed E-state index contributed by atoms with van der Waals surface area (Å²) in [7, 11) is 0. The molecule has 0 amide bonds. The van der Waals surface area contributed by atoms with Crippen molar-refractivity contribution in [2.75, 3.05) is 0 Å². The molecule has 0 aromatic heterocycles. The highest BCUT2D eigenvalue weighted by molar-refractivity contribution is 4.90. The number of hydrogen-bond donors (Lipinski definition) is 1. The van der Waals surface area contributed by atoms with Crippen molar-refractivity contribution in [2.45, 2.75) is 50.8 Å². The van der Waals surface area contributed by atoms with Crippen LogP contribution in [0.1, 0.15) is 39.0 Å². The van der Waals surface area contributed by atoms with Gasteiger partial charge in [-0.2, -0.15) is 0 Å². The predicted molar refractivity (Wildman–Crippen MR) is 38.6 cm³/mol. The highest BCUT2D eigenvalue weighted by Gasteiger charge is 2.39. The summed E-state index contributed by atoms with van der Waals surface area (Å²) in [6.07, 6.45) is 2.80. The van der Waals surface area contributed by atoms with Crippen LogP contribution in [0.2, 0.25) is 0 Å². The molecule has 1 rings (SSSR count). The minimum atomic E-state index is -1.24. The van der Waals surface area contributed by atoms with Gasteiger partial charge in [-0.3, -0.25) is 0 Å². The van der Waals surface area contributed by atoms with E-state index in [-0.39, 0.29) is 0 Å². The molecule has 1 aliphatic carbocycles. The molecule has 1 saturated carbocycles. The lowest BCUT2D eigenvalue weighted by molar-refractivity contribution is -0.00619. The number of aliphatic hydroxyl groups is 1. The van der Waals surface area contributed by atoms with E-state index < -0.39 is 11.8 Å². The van der Waals surface area contributed by atoms with Gasteiger partial charge < -0.3 is 5.11 Å². The predicted octanol–water partition coefficient (Wildman–Crippen LogP) is 2.04. The van der Waals surface area contributed by atoms with E-state index in [4.69, 9.17) is 0 Å². The fourth-order valence-electron chi connectivity index (χ4n) is 1.66. The topological polar surface area (TPSA) is 20.2 Å². The van der Waals surface area contributed by atoms with Gasteiger partial charge in [0.2, 0.25) is 0 Å². The first kappa shape index (κ1) is 7.99. The Morgan fingerprint density at radius 1 is 1.50 bits per heavy atom. The molecule has 0 radical (unpaired) electrons. The Balaban J connectivity index is 2.49. The van der Waals surface area contributed by atoms with Gasteiger partial charge in [-0.1, -0.05) is 19.8 Å². The van der Waals surface area contributed by atoms with E-state index in [1.807, 2.05) is 6.92 Å². The van der Waals surface area contributed by atoms with Crippen LogP contribution in [-0.4, -0.2) is 16.9 Å². The third-order valence-electron chi connectivity index (χ3n) is 2.42. The van der Waals surface area contributed by atoms with Crippen LogP contribution in [0.5, 0.6) is 0 Å². The van der Waals surface area contributed by atoms with Gasteiger partial charge in [0.15, 0.2) is 0 Å². The minimum Gasteiger partial charge on any atom is -0.390 e. The zero-order chi connectivity index (χ0) is 7.61. The first-order valence-corrected chi connectivity index (χ1v) is 4.06. The molecule has 2 heteroatoms. The molecule has 0 saturated heterocycles. The van der Waals surface area contributed by atoms with Gasteiger partial charge in [0.1, 0.15) is 5.67 Å². The maximum Gasteiger partial charge on any atom is 0.136 e. The van der Waals surface area contributed by atoms with E-state index in [2.05, 4.69) is 0 Å². The van der Waals surface area contributed by atoms with Gasteiger partial charge in [-0.15, -0.1) is 0 Å². The molecule has 0 aromatic rings. The highest BCUT2D eigenvalue weighted by Crippen LogP contribution is 2.37. The summed E-state index contributed by atoms with van der Waals surface area (Å²) < 4.78 is 13.5. The lowest BCUT2D eigenvalue weighted by Gasteiger charge is -2.24. The van der Waals surface area contributed by atoms with Gasteiger partial charge in [-0.05, 0) is 19.3 Å². The lowest BCUT2D eigenvalue weighted by atomic mass is 9.95. The molecule has 1 aliphatic rings. The normalized spacial score (nSPS) is 26.7. The highest BCUT2D eigenvalue weighted by atomic mass is 19.1. The Labute approximate surface area is 61.2 Å². The Morgan fingerprint density at radius 2 is 2.00 bits per heavy atom. The first-order valence-electron chi connectivity index (χ1n) is 4.06. The van der Waals surface area contributed by atoms with Crippen LogP contribution in [0.15, 0.2) is 0 Å². The summed E-state index contributed by atoms with van der Waals surface area (Å²) in [6, 6.07) is 0. The maximum absolute atomic E-state index is 13.5. The van der Waals surface area contributed by atoms with Crippen LogP contribution in [0.3, 0.4) is 0 Å². The molecule has 10 heavy (non-hydrogen) atoms. The standard InChI is InChI=1S/C8H15FO/c1-2-7(10)8(9)5-3-4-6-8/h7,10H,2-6H2,1H3. The summed E-state index contributed by atoms with van der Waals surface area (Å²) in [4.78, 5) is 0. The molecule has 1 nitrogen and oxygen atoms in total. The van der Waals surface area contributed by atoms with E-state index in [0.29, 0.717) is 19.3 Å². The van der Waals surface area contributed by atoms with E-state index in [0.717, 1.165) is 12.8 Å². The summed E-state index contributed by atoms with van der Waals surface area (Å²) in [5, 5.41) is 9.24. The number of hydrogen-bond acceptors (Lipinski definition) is 1. The SMILES string of the molecule is CCC(O)C1(F)CCCC1. The average Bonchev–Trinajstić information content (AvgIpc) is 2.36. The van der Waals surface area contributed by atoms with Gasteiger partial charge in [-0.25, -0.2) is 4.39 Å². The largest absolute Gasteiger partial charge is 0.390 e. The van der Waals surface area contributed by atoms with E-state index >= 15 is 0 Å². The van der Waals surface area contributed by atoms with Crippen LogP contribution >= 0.6 is 0 Å². The molecule has 0 aromatic carbocycles. The molecule has 0 bridgehead atoms. The molecule has 1 N–H and O–H groups in total. The number of aliphatic hydroxyl groups excluding tert-OH is 1. The van der Waals surface area contributed by atoms with Crippen LogP contribution in [-0.2, 0) is 0 Å².